The van der Waals surface area contributed by atoms with Crippen molar-refractivity contribution in [2.24, 2.45) is 0 Å². The minimum absolute atomic E-state index is 0.474. The summed E-state index contributed by atoms with van der Waals surface area (Å²) in [5, 5.41) is 1.35. The van der Waals surface area contributed by atoms with Crippen molar-refractivity contribution in [1.82, 2.24) is 9.97 Å². The average molecular weight is 201 g/mol. The van der Waals surface area contributed by atoms with Gasteiger partial charge in [-0.2, -0.15) is 0 Å². The Hall–Kier alpha value is -0.540. The van der Waals surface area contributed by atoms with E-state index in [1.54, 1.807) is 11.8 Å². The first kappa shape index (κ1) is 9.55. The van der Waals surface area contributed by atoms with Crippen LogP contribution in [0.15, 0.2) is 17.9 Å². The van der Waals surface area contributed by atoms with Gasteiger partial charge in [0.25, 0.3) is 0 Å². The summed E-state index contributed by atoms with van der Waals surface area (Å²) in [4.78, 5) is 7.97. The monoisotopic (exact) mass is 200 g/mol. The highest BCUT2D eigenvalue weighted by Gasteiger charge is 2.08. The topological polar surface area (TPSA) is 25.8 Å². The first-order chi connectivity index (χ1) is 5.66. The molecule has 0 aliphatic heterocycles. The highest BCUT2D eigenvalue weighted by molar-refractivity contribution is 7.98. The lowest BCUT2D eigenvalue weighted by molar-refractivity contribution is 1.03. The maximum absolute atomic E-state index is 5.88. The summed E-state index contributed by atoms with van der Waals surface area (Å²) in [6, 6.07) is 0. The molecule has 0 radical (unpaired) electrons. The lowest BCUT2D eigenvalue weighted by Gasteiger charge is -2.05. The van der Waals surface area contributed by atoms with Crippen LogP contribution in [-0.2, 0) is 0 Å². The summed E-state index contributed by atoms with van der Waals surface area (Å²) in [6.07, 6.45) is 3.41. The van der Waals surface area contributed by atoms with E-state index in [0.717, 1.165) is 16.2 Å². The molecule has 1 heterocycles. The molecule has 4 heteroatoms. The van der Waals surface area contributed by atoms with Gasteiger partial charge in [-0.05, 0) is 18.8 Å². The molecule has 0 bridgehead atoms. The van der Waals surface area contributed by atoms with Crippen LogP contribution in [0.3, 0.4) is 0 Å². The maximum atomic E-state index is 5.88. The molecule has 0 aliphatic carbocycles. The smallest absolute Gasteiger partial charge is 0.141 e. The number of hydrogen-bond donors (Lipinski definition) is 0. The van der Waals surface area contributed by atoms with Crippen LogP contribution in [0.4, 0.5) is 0 Å². The SMILES string of the molecule is C=C(C)c1c(Cl)ncnc1SC. The van der Waals surface area contributed by atoms with Crippen LogP contribution in [0, 0.1) is 0 Å². The second-order valence-corrected chi connectivity index (χ2v) is 3.48. The number of halogens is 1. The van der Waals surface area contributed by atoms with E-state index >= 15 is 0 Å². The highest BCUT2D eigenvalue weighted by atomic mass is 35.5. The van der Waals surface area contributed by atoms with Crippen molar-refractivity contribution in [2.45, 2.75) is 11.9 Å². The minimum atomic E-state index is 0.474. The summed E-state index contributed by atoms with van der Waals surface area (Å²) < 4.78 is 0. The average Bonchev–Trinajstić information content (AvgIpc) is 2.03. The summed E-state index contributed by atoms with van der Waals surface area (Å²) in [5.74, 6) is 0. The molecule has 1 rings (SSSR count). The Morgan fingerprint density at radius 1 is 1.58 bits per heavy atom. The van der Waals surface area contributed by atoms with Crippen molar-refractivity contribution >= 4 is 28.9 Å². The molecular formula is C8H9ClN2S. The third kappa shape index (κ3) is 1.79. The molecule has 12 heavy (non-hydrogen) atoms. The number of allylic oxidation sites excluding steroid dienone is 1. The van der Waals surface area contributed by atoms with Crippen LogP contribution in [0.1, 0.15) is 12.5 Å². The fourth-order valence-corrected chi connectivity index (χ4v) is 1.84. The van der Waals surface area contributed by atoms with E-state index in [4.69, 9.17) is 11.6 Å². The summed E-state index contributed by atoms with van der Waals surface area (Å²) in [7, 11) is 0. The Kier molecular flexibility index (Phi) is 3.12. The van der Waals surface area contributed by atoms with Crippen molar-refractivity contribution < 1.29 is 0 Å². The van der Waals surface area contributed by atoms with E-state index in [1.165, 1.54) is 6.33 Å². The first-order valence-corrected chi connectivity index (χ1v) is 4.97. The second-order valence-electron chi connectivity index (χ2n) is 2.33. The quantitative estimate of drug-likeness (QED) is 0.543. The summed E-state index contributed by atoms with van der Waals surface area (Å²) in [5.41, 5.74) is 1.75. The van der Waals surface area contributed by atoms with Gasteiger partial charge in [-0.15, -0.1) is 11.8 Å². The number of aromatic nitrogens is 2. The van der Waals surface area contributed by atoms with E-state index in [0.29, 0.717) is 5.15 Å². The van der Waals surface area contributed by atoms with E-state index in [-0.39, 0.29) is 0 Å². The molecule has 0 saturated heterocycles. The summed E-state index contributed by atoms with van der Waals surface area (Å²) >= 11 is 7.42. The number of thioether (sulfide) groups is 1. The van der Waals surface area contributed by atoms with E-state index in [2.05, 4.69) is 16.5 Å². The van der Waals surface area contributed by atoms with Crippen molar-refractivity contribution in [3.8, 4) is 0 Å². The van der Waals surface area contributed by atoms with E-state index in [9.17, 15) is 0 Å². The maximum Gasteiger partial charge on any atom is 0.141 e. The Balaban J connectivity index is 3.29. The molecule has 0 amide bonds. The normalized spacial score (nSPS) is 9.92. The Morgan fingerprint density at radius 3 is 2.67 bits per heavy atom. The van der Waals surface area contributed by atoms with Crippen LogP contribution < -0.4 is 0 Å². The van der Waals surface area contributed by atoms with Gasteiger partial charge in [-0.3, -0.25) is 0 Å². The lowest BCUT2D eigenvalue weighted by atomic mass is 10.2. The highest BCUT2D eigenvalue weighted by Crippen LogP contribution is 2.28. The largest absolute Gasteiger partial charge is 0.229 e. The van der Waals surface area contributed by atoms with Gasteiger partial charge < -0.3 is 0 Å². The van der Waals surface area contributed by atoms with Gasteiger partial charge in [0.15, 0.2) is 0 Å². The van der Waals surface area contributed by atoms with Crippen LogP contribution >= 0.6 is 23.4 Å². The molecule has 1 aromatic rings. The van der Waals surface area contributed by atoms with Gasteiger partial charge in [0.1, 0.15) is 16.5 Å². The van der Waals surface area contributed by atoms with Crippen LogP contribution in [0.2, 0.25) is 5.15 Å². The van der Waals surface area contributed by atoms with E-state index < -0.39 is 0 Å². The zero-order valence-corrected chi connectivity index (χ0v) is 8.54. The fraction of sp³-hybridized carbons (Fsp3) is 0.250. The zero-order valence-electron chi connectivity index (χ0n) is 6.97. The third-order valence-electron chi connectivity index (χ3n) is 1.39. The van der Waals surface area contributed by atoms with Gasteiger partial charge in [-0.25, -0.2) is 9.97 Å². The van der Waals surface area contributed by atoms with Gasteiger partial charge in [0, 0.05) is 5.56 Å². The molecule has 0 fully saturated rings. The predicted octanol–water partition coefficient (Wildman–Crippen LogP) is 2.89. The van der Waals surface area contributed by atoms with Crippen LogP contribution in [0.5, 0.6) is 0 Å². The molecule has 0 saturated carbocycles. The first-order valence-electron chi connectivity index (χ1n) is 3.37. The molecule has 0 aromatic carbocycles. The number of nitrogens with zero attached hydrogens (tertiary/aromatic N) is 2. The molecule has 0 atom stereocenters. The van der Waals surface area contributed by atoms with Crippen molar-refractivity contribution in [1.29, 1.82) is 0 Å². The van der Waals surface area contributed by atoms with Gasteiger partial charge in [0.2, 0.25) is 0 Å². The Morgan fingerprint density at radius 2 is 2.25 bits per heavy atom. The Labute approximate surface area is 81.1 Å². The van der Waals surface area contributed by atoms with Crippen molar-refractivity contribution in [2.75, 3.05) is 6.26 Å². The van der Waals surface area contributed by atoms with Crippen molar-refractivity contribution in [3.05, 3.63) is 23.6 Å². The number of rotatable bonds is 2. The fourth-order valence-electron chi connectivity index (χ4n) is 0.863. The number of hydrogen-bond acceptors (Lipinski definition) is 3. The van der Waals surface area contributed by atoms with Crippen LogP contribution in [-0.4, -0.2) is 16.2 Å². The Bertz CT molecular complexity index is 312. The molecule has 1 aromatic heterocycles. The second kappa shape index (κ2) is 3.92. The van der Waals surface area contributed by atoms with Crippen LogP contribution in [0.25, 0.3) is 5.57 Å². The summed E-state index contributed by atoms with van der Waals surface area (Å²) in [6.45, 7) is 5.71. The van der Waals surface area contributed by atoms with Gasteiger partial charge in [-0.1, -0.05) is 18.2 Å². The zero-order chi connectivity index (χ0) is 9.14. The molecule has 0 aliphatic rings. The van der Waals surface area contributed by atoms with E-state index in [1.807, 2.05) is 13.2 Å². The molecule has 0 unspecified atom stereocenters. The predicted molar refractivity (Wildman–Crippen MR) is 53.5 cm³/mol. The molecule has 2 nitrogen and oxygen atoms in total. The third-order valence-corrected chi connectivity index (χ3v) is 2.37. The van der Waals surface area contributed by atoms with Gasteiger partial charge >= 0.3 is 0 Å². The minimum Gasteiger partial charge on any atom is -0.229 e. The molecule has 64 valence electrons. The van der Waals surface area contributed by atoms with Crippen molar-refractivity contribution in [3.63, 3.8) is 0 Å². The molecule has 0 spiro atoms. The van der Waals surface area contributed by atoms with Gasteiger partial charge in [0.05, 0.1) is 0 Å². The standard InChI is InChI=1S/C8H9ClN2S/c1-5(2)6-7(9)10-4-11-8(6)12-3/h4H,1H2,2-3H3. The lowest BCUT2D eigenvalue weighted by Crippen LogP contribution is -1.91. The molecular weight excluding hydrogens is 192 g/mol. The molecule has 0 N–H and O–H groups in total.